The van der Waals surface area contributed by atoms with Crippen LogP contribution in [-0.2, 0) is 11.3 Å². The van der Waals surface area contributed by atoms with Gasteiger partial charge in [-0.15, -0.1) is 10.2 Å². The zero-order chi connectivity index (χ0) is 18.8. The highest BCUT2D eigenvalue weighted by Crippen LogP contribution is 2.29. The molecule has 3 heterocycles. The summed E-state index contributed by atoms with van der Waals surface area (Å²) in [6, 6.07) is 7.86. The Bertz CT molecular complexity index is 945. The van der Waals surface area contributed by atoms with Gasteiger partial charge in [-0.3, -0.25) is 9.36 Å². The normalized spacial score (nSPS) is 16.0. The largest absolute Gasteiger partial charge is 0.378 e. The van der Waals surface area contributed by atoms with Gasteiger partial charge in [-0.05, 0) is 19.9 Å². The smallest absolute Gasteiger partial charge is 0.228 e. The van der Waals surface area contributed by atoms with Gasteiger partial charge >= 0.3 is 0 Å². The molecular weight excluding hydrogens is 362 g/mol. The van der Waals surface area contributed by atoms with Gasteiger partial charge in [0.25, 0.3) is 0 Å². The van der Waals surface area contributed by atoms with E-state index in [1.807, 2.05) is 31.2 Å². The Labute approximate surface area is 162 Å². The summed E-state index contributed by atoms with van der Waals surface area (Å²) >= 11 is 1.46. The molecule has 3 aromatic rings. The van der Waals surface area contributed by atoms with E-state index in [0.717, 1.165) is 47.2 Å². The number of fused-ring (bicyclic) bond motifs is 1. The molecule has 0 saturated carbocycles. The van der Waals surface area contributed by atoms with Crippen LogP contribution in [-0.4, -0.2) is 57.1 Å². The molecule has 27 heavy (non-hydrogen) atoms. The Balaban J connectivity index is 1.54. The van der Waals surface area contributed by atoms with Gasteiger partial charge in [-0.1, -0.05) is 30.0 Å². The molecule has 0 radical (unpaired) electrons. The number of ketones is 1. The van der Waals surface area contributed by atoms with E-state index in [9.17, 15) is 4.79 Å². The lowest BCUT2D eigenvalue weighted by molar-refractivity contribution is 0.0995. The fourth-order valence-electron chi connectivity index (χ4n) is 3.35. The summed E-state index contributed by atoms with van der Waals surface area (Å²) in [5.41, 5.74) is 1.70. The molecule has 142 valence electrons. The minimum atomic E-state index is -0.253. The lowest BCUT2D eigenvalue weighted by atomic mass is 10.1. The van der Waals surface area contributed by atoms with Gasteiger partial charge in [0, 0.05) is 42.3 Å². The number of H-pyrrole nitrogens is 1. The van der Waals surface area contributed by atoms with E-state index in [2.05, 4.69) is 31.6 Å². The number of hydrogen-bond acceptors (Lipinski definition) is 6. The van der Waals surface area contributed by atoms with Crippen molar-refractivity contribution >= 4 is 34.4 Å². The molecule has 1 aromatic carbocycles. The molecule has 8 heteroatoms. The van der Waals surface area contributed by atoms with E-state index in [0.29, 0.717) is 13.2 Å². The number of nitrogens with one attached hydrogen (secondary N) is 1. The summed E-state index contributed by atoms with van der Waals surface area (Å²) in [4.78, 5) is 18.4. The van der Waals surface area contributed by atoms with E-state index >= 15 is 0 Å². The number of benzene rings is 1. The number of anilines is 1. The van der Waals surface area contributed by atoms with E-state index in [4.69, 9.17) is 4.74 Å². The Hall–Kier alpha value is -2.32. The number of rotatable bonds is 6. The number of carbonyl (C=O) groups is 1. The van der Waals surface area contributed by atoms with Crippen LogP contribution in [0.2, 0.25) is 0 Å². The first-order valence-corrected chi connectivity index (χ1v) is 10.1. The van der Waals surface area contributed by atoms with Crippen molar-refractivity contribution in [3.05, 3.63) is 36.0 Å². The van der Waals surface area contributed by atoms with Gasteiger partial charge in [0.15, 0.2) is 10.9 Å². The van der Waals surface area contributed by atoms with Crippen LogP contribution in [0, 0.1) is 0 Å². The Morgan fingerprint density at radius 3 is 2.85 bits per heavy atom. The topological polar surface area (TPSA) is 76.0 Å². The molecule has 1 aliphatic heterocycles. The van der Waals surface area contributed by atoms with Gasteiger partial charge in [0.1, 0.15) is 0 Å². The second-order valence-corrected chi connectivity index (χ2v) is 7.81. The summed E-state index contributed by atoms with van der Waals surface area (Å²) < 4.78 is 7.50. The molecular formula is C19H23N5O2S. The Morgan fingerprint density at radius 2 is 2.07 bits per heavy atom. The van der Waals surface area contributed by atoms with Crippen LogP contribution in [0.1, 0.15) is 24.2 Å². The minimum absolute atomic E-state index is 0.0935. The molecule has 0 amide bonds. The van der Waals surface area contributed by atoms with Gasteiger partial charge in [0.2, 0.25) is 5.95 Å². The van der Waals surface area contributed by atoms with Crippen LogP contribution < -0.4 is 4.90 Å². The average molecular weight is 385 g/mol. The molecule has 1 N–H and O–H groups in total. The monoisotopic (exact) mass is 385 g/mol. The third-order valence-corrected chi connectivity index (χ3v) is 5.89. The fraction of sp³-hybridized carbons (Fsp3) is 0.421. The van der Waals surface area contributed by atoms with Crippen molar-refractivity contribution in [2.24, 2.45) is 0 Å². The van der Waals surface area contributed by atoms with Crippen LogP contribution in [0.15, 0.2) is 35.6 Å². The van der Waals surface area contributed by atoms with Gasteiger partial charge in [0.05, 0.1) is 18.5 Å². The molecule has 2 aromatic heterocycles. The predicted octanol–water partition coefficient (Wildman–Crippen LogP) is 2.98. The van der Waals surface area contributed by atoms with Crippen molar-refractivity contribution in [2.45, 2.75) is 30.8 Å². The summed E-state index contributed by atoms with van der Waals surface area (Å²) in [5.74, 6) is 0.950. The minimum Gasteiger partial charge on any atom is -0.378 e. The van der Waals surface area contributed by atoms with E-state index in [1.54, 1.807) is 6.20 Å². The van der Waals surface area contributed by atoms with E-state index in [1.165, 1.54) is 11.8 Å². The number of thioether (sulfide) groups is 1. The molecule has 1 atom stereocenters. The molecule has 1 unspecified atom stereocenters. The lowest BCUT2D eigenvalue weighted by Crippen LogP contribution is -2.38. The lowest BCUT2D eigenvalue weighted by Gasteiger charge is -2.27. The third kappa shape index (κ3) is 3.46. The molecule has 7 nitrogen and oxygen atoms in total. The number of aromatic nitrogens is 4. The predicted molar refractivity (Wildman–Crippen MR) is 107 cm³/mol. The standard InChI is InChI=1S/C19H23N5O2S/c1-3-24-18(23-8-10-26-11-9-23)21-22-19(24)27-13(2)17(25)15-12-20-16-7-5-4-6-14(15)16/h4-7,12-13,20H,3,8-11H2,1-2H3. The number of Topliss-reactive ketones (excluding diaryl/α,β-unsaturated/α-hetero) is 1. The molecule has 0 spiro atoms. The third-order valence-electron chi connectivity index (χ3n) is 4.81. The van der Waals surface area contributed by atoms with Crippen LogP contribution >= 0.6 is 11.8 Å². The van der Waals surface area contributed by atoms with Crippen molar-refractivity contribution in [3.63, 3.8) is 0 Å². The van der Waals surface area contributed by atoms with Crippen molar-refractivity contribution in [1.29, 1.82) is 0 Å². The average Bonchev–Trinajstić information content (AvgIpc) is 3.32. The maximum absolute atomic E-state index is 13.0. The van der Waals surface area contributed by atoms with Crippen LogP contribution in [0.3, 0.4) is 0 Å². The van der Waals surface area contributed by atoms with E-state index in [-0.39, 0.29) is 11.0 Å². The summed E-state index contributed by atoms with van der Waals surface area (Å²) in [6.07, 6.45) is 1.80. The van der Waals surface area contributed by atoms with Crippen molar-refractivity contribution in [2.75, 3.05) is 31.2 Å². The number of nitrogens with zero attached hydrogens (tertiary/aromatic N) is 4. The second kappa shape index (κ2) is 7.74. The number of aromatic amines is 1. The number of morpholine rings is 1. The maximum Gasteiger partial charge on any atom is 0.228 e. The Kier molecular flexibility index (Phi) is 5.18. The number of para-hydroxylation sites is 1. The first-order chi connectivity index (χ1) is 13.2. The van der Waals surface area contributed by atoms with Crippen molar-refractivity contribution in [3.8, 4) is 0 Å². The van der Waals surface area contributed by atoms with E-state index < -0.39 is 0 Å². The Morgan fingerprint density at radius 1 is 1.30 bits per heavy atom. The van der Waals surface area contributed by atoms with Crippen LogP contribution in [0.25, 0.3) is 10.9 Å². The number of hydrogen-bond donors (Lipinski definition) is 1. The highest BCUT2D eigenvalue weighted by atomic mass is 32.2. The molecule has 0 bridgehead atoms. The quantitative estimate of drug-likeness (QED) is 0.519. The second-order valence-electron chi connectivity index (χ2n) is 6.50. The first-order valence-electron chi connectivity index (χ1n) is 9.22. The highest BCUT2D eigenvalue weighted by molar-refractivity contribution is 8.00. The zero-order valence-corrected chi connectivity index (χ0v) is 16.3. The van der Waals surface area contributed by atoms with Crippen molar-refractivity contribution in [1.82, 2.24) is 19.7 Å². The zero-order valence-electron chi connectivity index (χ0n) is 15.5. The summed E-state index contributed by atoms with van der Waals surface area (Å²) in [6.45, 7) is 7.79. The number of ether oxygens (including phenoxy) is 1. The molecule has 0 aliphatic carbocycles. The maximum atomic E-state index is 13.0. The van der Waals surface area contributed by atoms with Gasteiger partial charge in [-0.2, -0.15) is 0 Å². The first kappa shape index (κ1) is 18.1. The molecule has 4 rings (SSSR count). The summed E-state index contributed by atoms with van der Waals surface area (Å²) in [5, 5.41) is 10.2. The molecule has 1 saturated heterocycles. The highest BCUT2D eigenvalue weighted by Gasteiger charge is 2.25. The van der Waals surface area contributed by atoms with Crippen molar-refractivity contribution < 1.29 is 9.53 Å². The van der Waals surface area contributed by atoms with Crippen LogP contribution in [0.4, 0.5) is 5.95 Å². The van der Waals surface area contributed by atoms with Crippen LogP contribution in [0.5, 0.6) is 0 Å². The summed E-state index contributed by atoms with van der Waals surface area (Å²) in [7, 11) is 0. The molecule has 1 aliphatic rings. The van der Waals surface area contributed by atoms with Gasteiger partial charge in [-0.25, -0.2) is 0 Å². The number of carbonyl (C=O) groups excluding carboxylic acids is 1. The molecule has 1 fully saturated rings. The SMILES string of the molecule is CCn1c(SC(C)C(=O)c2c[nH]c3ccccc23)nnc1N1CCOCC1. The van der Waals surface area contributed by atoms with Gasteiger partial charge < -0.3 is 14.6 Å². The fourth-order valence-corrected chi connectivity index (χ4v) is 4.32.